The number of Topliss-reactive ketones (excluding diaryl/α,β-unsaturated/α-hetero) is 1. The van der Waals surface area contributed by atoms with Gasteiger partial charge in [-0.15, -0.1) is 0 Å². The number of rotatable bonds is 4. The molecular formula is C14H20N2O. The molecule has 92 valence electrons. The fraction of sp³-hybridized carbons (Fsp3) is 0.500. The Morgan fingerprint density at radius 1 is 1.41 bits per heavy atom. The molecule has 1 unspecified atom stereocenters. The lowest BCUT2D eigenvalue weighted by atomic mass is 10.1. The van der Waals surface area contributed by atoms with Crippen LogP contribution in [0.25, 0.3) is 0 Å². The number of nitrogens with two attached hydrogens (primary N) is 1. The van der Waals surface area contributed by atoms with Gasteiger partial charge in [-0.1, -0.05) is 29.8 Å². The zero-order chi connectivity index (χ0) is 12.3. The van der Waals surface area contributed by atoms with Gasteiger partial charge in [-0.2, -0.15) is 0 Å². The smallest absolute Gasteiger partial charge is 0.176 e. The summed E-state index contributed by atoms with van der Waals surface area (Å²) in [6.45, 7) is 5.25. The second-order valence-electron chi connectivity index (χ2n) is 4.91. The van der Waals surface area contributed by atoms with Crippen molar-refractivity contribution in [1.82, 2.24) is 4.90 Å². The summed E-state index contributed by atoms with van der Waals surface area (Å²) in [6, 6.07) is 7.79. The summed E-state index contributed by atoms with van der Waals surface area (Å²) >= 11 is 0. The summed E-state index contributed by atoms with van der Waals surface area (Å²) in [6.07, 6.45) is 1.12. The predicted octanol–water partition coefficient (Wildman–Crippen LogP) is 1.46. The second kappa shape index (κ2) is 5.43. The fourth-order valence-corrected chi connectivity index (χ4v) is 2.28. The Kier molecular flexibility index (Phi) is 3.92. The van der Waals surface area contributed by atoms with Crippen molar-refractivity contribution in [2.45, 2.75) is 13.3 Å². The van der Waals surface area contributed by atoms with Gasteiger partial charge in [0.15, 0.2) is 5.78 Å². The van der Waals surface area contributed by atoms with Gasteiger partial charge in [0.25, 0.3) is 0 Å². The molecule has 1 fully saturated rings. The van der Waals surface area contributed by atoms with Crippen LogP contribution >= 0.6 is 0 Å². The number of ketones is 1. The van der Waals surface area contributed by atoms with Crippen LogP contribution in [0.4, 0.5) is 0 Å². The Morgan fingerprint density at radius 3 is 2.71 bits per heavy atom. The molecule has 0 saturated carbocycles. The van der Waals surface area contributed by atoms with E-state index >= 15 is 0 Å². The van der Waals surface area contributed by atoms with Crippen LogP contribution in [0, 0.1) is 12.8 Å². The SMILES string of the molecule is Cc1ccc(C(=O)CN2CCC(CN)C2)cc1. The second-order valence-corrected chi connectivity index (χ2v) is 4.91. The Bertz CT molecular complexity index is 386. The number of carbonyl (C=O) groups is 1. The molecule has 1 aliphatic rings. The molecule has 2 rings (SSSR count). The van der Waals surface area contributed by atoms with E-state index in [9.17, 15) is 4.79 Å². The summed E-state index contributed by atoms with van der Waals surface area (Å²) < 4.78 is 0. The van der Waals surface area contributed by atoms with Crippen LogP contribution in [-0.4, -0.2) is 36.9 Å². The van der Waals surface area contributed by atoms with E-state index in [1.807, 2.05) is 31.2 Å². The van der Waals surface area contributed by atoms with Crippen LogP contribution in [0.3, 0.4) is 0 Å². The van der Waals surface area contributed by atoms with E-state index in [-0.39, 0.29) is 5.78 Å². The quantitative estimate of drug-likeness (QED) is 0.799. The molecular weight excluding hydrogens is 212 g/mol. The monoisotopic (exact) mass is 232 g/mol. The third-order valence-corrected chi connectivity index (χ3v) is 3.44. The first-order chi connectivity index (χ1) is 8.19. The number of aryl methyl sites for hydroxylation is 1. The molecule has 3 nitrogen and oxygen atoms in total. The minimum atomic E-state index is 0.211. The third-order valence-electron chi connectivity index (χ3n) is 3.44. The summed E-state index contributed by atoms with van der Waals surface area (Å²) in [7, 11) is 0. The average molecular weight is 232 g/mol. The van der Waals surface area contributed by atoms with Crippen molar-refractivity contribution < 1.29 is 4.79 Å². The molecule has 0 amide bonds. The van der Waals surface area contributed by atoms with Gasteiger partial charge in [0.05, 0.1) is 6.54 Å². The van der Waals surface area contributed by atoms with Crippen molar-refractivity contribution in [2.75, 3.05) is 26.2 Å². The Hall–Kier alpha value is -1.19. The lowest BCUT2D eigenvalue weighted by molar-refractivity contribution is 0.0943. The van der Waals surface area contributed by atoms with E-state index in [0.717, 1.165) is 31.6 Å². The molecule has 0 radical (unpaired) electrons. The van der Waals surface area contributed by atoms with E-state index in [1.165, 1.54) is 5.56 Å². The van der Waals surface area contributed by atoms with Gasteiger partial charge in [-0.3, -0.25) is 9.69 Å². The van der Waals surface area contributed by atoms with E-state index in [4.69, 9.17) is 5.73 Å². The van der Waals surface area contributed by atoms with Crippen molar-refractivity contribution in [3.63, 3.8) is 0 Å². The van der Waals surface area contributed by atoms with Crippen molar-refractivity contribution >= 4 is 5.78 Å². The predicted molar refractivity (Wildman–Crippen MR) is 69.1 cm³/mol. The van der Waals surface area contributed by atoms with Gasteiger partial charge in [-0.25, -0.2) is 0 Å². The number of nitrogens with zero attached hydrogens (tertiary/aromatic N) is 1. The van der Waals surface area contributed by atoms with E-state index < -0.39 is 0 Å². The largest absolute Gasteiger partial charge is 0.330 e. The lowest BCUT2D eigenvalue weighted by Crippen LogP contribution is -2.29. The van der Waals surface area contributed by atoms with Crippen molar-refractivity contribution in [3.05, 3.63) is 35.4 Å². The summed E-state index contributed by atoms with van der Waals surface area (Å²) in [4.78, 5) is 14.2. The molecule has 2 N–H and O–H groups in total. The van der Waals surface area contributed by atoms with Crippen LogP contribution in [0.15, 0.2) is 24.3 Å². The Morgan fingerprint density at radius 2 is 2.12 bits per heavy atom. The first-order valence-corrected chi connectivity index (χ1v) is 6.21. The molecule has 3 heteroatoms. The maximum atomic E-state index is 12.0. The van der Waals surface area contributed by atoms with E-state index in [0.29, 0.717) is 12.5 Å². The highest BCUT2D eigenvalue weighted by molar-refractivity contribution is 5.97. The van der Waals surface area contributed by atoms with Gasteiger partial charge in [0.1, 0.15) is 0 Å². The number of carbonyl (C=O) groups excluding carboxylic acids is 1. The lowest BCUT2D eigenvalue weighted by Gasteiger charge is -2.14. The molecule has 0 bridgehead atoms. The molecule has 0 aliphatic carbocycles. The number of likely N-dealkylation sites (tertiary alicyclic amines) is 1. The number of benzene rings is 1. The van der Waals surface area contributed by atoms with Gasteiger partial charge in [0, 0.05) is 12.1 Å². The van der Waals surface area contributed by atoms with Crippen LogP contribution in [0.5, 0.6) is 0 Å². The van der Waals surface area contributed by atoms with Gasteiger partial charge in [0.2, 0.25) is 0 Å². The molecule has 1 heterocycles. The maximum absolute atomic E-state index is 12.0. The van der Waals surface area contributed by atoms with Crippen molar-refractivity contribution in [1.29, 1.82) is 0 Å². The van der Waals surface area contributed by atoms with E-state index in [2.05, 4.69) is 4.90 Å². The molecule has 1 aromatic rings. The first-order valence-electron chi connectivity index (χ1n) is 6.21. The highest BCUT2D eigenvalue weighted by atomic mass is 16.1. The highest BCUT2D eigenvalue weighted by Gasteiger charge is 2.23. The first kappa shape index (κ1) is 12.3. The molecule has 1 aliphatic heterocycles. The van der Waals surface area contributed by atoms with Gasteiger partial charge < -0.3 is 5.73 Å². The molecule has 0 spiro atoms. The van der Waals surface area contributed by atoms with Crippen LogP contribution in [0.2, 0.25) is 0 Å². The maximum Gasteiger partial charge on any atom is 0.176 e. The topological polar surface area (TPSA) is 46.3 Å². The number of hydrogen-bond acceptors (Lipinski definition) is 3. The standard InChI is InChI=1S/C14H20N2O/c1-11-2-4-13(5-3-11)14(17)10-16-7-6-12(8-15)9-16/h2-5,12H,6-10,15H2,1H3. The van der Waals surface area contributed by atoms with Crippen molar-refractivity contribution in [3.8, 4) is 0 Å². The van der Waals surface area contributed by atoms with Crippen LogP contribution in [-0.2, 0) is 0 Å². The minimum absolute atomic E-state index is 0.211. The molecule has 1 saturated heterocycles. The Balaban J connectivity index is 1.91. The van der Waals surface area contributed by atoms with Crippen molar-refractivity contribution in [2.24, 2.45) is 11.7 Å². The molecule has 1 aromatic carbocycles. The third kappa shape index (κ3) is 3.14. The zero-order valence-electron chi connectivity index (χ0n) is 10.4. The minimum Gasteiger partial charge on any atom is -0.330 e. The Labute approximate surface area is 103 Å². The summed E-state index contributed by atoms with van der Waals surface area (Å²) in [5.74, 6) is 0.781. The van der Waals surface area contributed by atoms with Gasteiger partial charge >= 0.3 is 0 Å². The normalized spacial score (nSPS) is 20.7. The zero-order valence-corrected chi connectivity index (χ0v) is 10.4. The summed E-state index contributed by atoms with van der Waals surface area (Å²) in [5, 5.41) is 0. The molecule has 0 aromatic heterocycles. The molecule has 1 atom stereocenters. The fourth-order valence-electron chi connectivity index (χ4n) is 2.28. The number of hydrogen-bond donors (Lipinski definition) is 1. The van der Waals surface area contributed by atoms with Gasteiger partial charge in [-0.05, 0) is 32.4 Å². The van der Waals surface area contributed by atoms with Crippen LogP contribution in [0.1, 0.15) is 22.3 Å². The summed E-state index contributed by atoms with van der Waals surface area (Å²) in [5.41, 5.74) is 7.64. The average Bonchev–Trinajstić information content (AvgIpc) is 2.77. The van der Waals surface area contributed by atoms with E-state index in [1.54, 1.807) is 0 Å². The molecule has 17 heavy (non-hydrogen) atoms. The highest BCUT2D eigenvalue weighted by Crippen LogP contribution is 2.15. The van der Waals surface area contributed by atoms with Crippen LogP contribution < -0.4 is 5.73 Å².